The topological polar surface area (TPSA) is 57.5 Å². The molecule has 0 fully saturated rings. The van der Waals surface area contributed by atoms with Gasteiger partial charge in [-0.05, 0) is 25.2 Å². The zero-order valence-corrected chi connectivity index (χ0v) is 21.6. The summed E-state index contributed by atoms with van der Waals surface area (Å²) in [6.07, 6.45) is 27.5. The quantitative estimate of drug-likeness (QED) is 0.155. The summed E-state index contributed by atoms with van der Waals surface area (Å²) in [6.45, 7) is 7.14. The number of aliphatic carboxylic acids is 1. The summed E-state index contributed by atoms with van der Waals surface area (Å²) in [5, 5.41) is 17.7. The van der Waals surface area contributed by atoms with E-state index in [0.717, 1.165) is 12.8 Å². The summed E-state index contributed by atoms with van der Waals surface area (Å²) in [7, 11) is 0. The maximum atomic E-state index is 10.2. The number of aliphatic hydroxyl groups is 1. The number of aliphatic hydroxyl groups excluding tert-OH is 1. The van der Waals surface area contributed by atoms with Crippen LogP contribution < -0.4 is 0 Å². The van der Waals surface area contributed by atoms with Crippen LogP contribution in [0.1, 0.15) is 162 Å². The number of unbranched alkanes of at least 4 members (excludes halogenated alkanes) is 16. The van der Waals surface area contributed by atoms with Gasteiger partial charge in [-0.25, -0.2) is 0 Å². The minimum absolute atomic E-state index is 0.343. The van der Waals surface area contributed by atoms with Crippen molar-refractivity contribution in [3.8, 4) is 0 Å². The zero-order chi connectivity index (χ0) is 23.4. The molecule has 0 saturated heterocycles. The Hall–Kier alpha value is -0.570. The van der Waals surface area contributed by atoms with Gasteiger partial charge < -0.3 is 10.2 Å². The molecule has 0 heterocycles. The average Bonchev–Trinajstić information content (AvgIpc) is 2.76. The van der Waals surface area contributed by atoms with Crippen LogP contribution in [0.25, 0.3) is 0 Å². The highest BCUT2D eigenvalue weighted by atomic mass is 16.4. The zero-order valence-electron chi connectivity index (χ0n) is 21.6. The van der Waals surface area contributed by atoms with Gasteiger partial charge in [0.15, 0.2) is 0 Å². The average molecular weight is 443 g/mol. The number of carboxylic acid groups (broad SMARTS) is 1. The molecule has 3 heteroatoms. The minimum Gasteiger partial charge on any atom is -0.481 e. The van der Waals surface area contributed by atoms with Crippen LogP contribution >= 0.6 is 0 Å². The fourth-order valence-corrected chi connectivity index (χ4v) is 3.99. The summed E-state index contributed by atoms with van der Waals surface area (Å²) < 4.78 is 0. The Kier molecular flexibility index (Phi) is 31.0. The molecule has 31 heavy (non-hydrogen) atoms. The lowest BCUT2D eigenvalue weighted by Crippen LogP contribution is -2.06. The molecule has 0 amide bonds. The summed E-state index contributed by atoms with van der Waals surface area (Å²) in [5.41, 5.74) is 0. The SMILES string of the molecule is CCCCCCCCC(CO)CCCCCC.CCCCCCCCCCCC(=O)O. The van der Waals surface area contributed by atoms with Crippen molar-refractivity contribution in [1.29, 1.82) is 0 Å². The second kappa shape index (κ2) is 29.4. The predicted octanol–water partition coefficient (Wildman–Crippen LogP) is 9.31. The van der Waals surface area contributed by atoms with Crippen LogP contribution in [0.15, 0.2) is 0 Å². The first kappa shape index (κ1) is 32.6. The lowest BCUT2D eigenvalue weighted by atomic mass is 9.95. The van der Waals surface area contributed by atoms with Crippen LogP contribution in [0, 0.1) is 5.92 Å². The van der Waals surface area contributed by atoms with Crippen molar-refractivity contribution in [2.24, 2.45) is 5.92 Å². The number of hydrogen-bond acceptors (Lipinski definition) is 2. The van der Waals surface area contributed by atoms with Gasteiger partial charge in [-0.2, -0.15) is 0 Å². The van der Waals surface area contributed by atoms with Crippen molar-refractivity contribution in [3.05, 3.63) is 0 Å². The normalized spacial score (nSPS) is 11.7. The largest absolute Gasteiger partial charge is 0.481 e. The van der Waals surface area contributed by atoms with E-state index < -0.39 is 5.97 Å². The highest BCUT2D eigenvalue weighted by Crippen LogP contribution is 2.18. The van der Waals surface area contributed by atoms with Crippen molar-refractivity contribution >= 4 is 5.97 Å². The van der Waals surface area contributed by atoms with Gasteiger partial charge in [-0.3, -0.25) is 4.79 Å². The van der Waals surface area contributed by atoms with E-state index >= 15 is 0 Å². The van der Waals surface area contributed by atoms with Gasteiger partial charge >= 0.3 is 5.97 Å². The molecule has 2 N–H and O–H groups in total. The molecule has 0 spiro atoms. The standard InChI is InChI=1S/C16H34O.C12H24O2/c1-3-5-7-9-10-12-14-16(15-17)13-11-8-6-4-2;1-2-3-4-5-6-7-8-9-10-11-12(13)14/h16-17H,3-15H2,1-2H3;2-11H2,1H3,(H,13,14). The molecule has 0 bridgehead atoms. The van der Waals surface area contributed by atoms with Crippen molar-refractivity contribution in [2.75, 3.05) is 6.61 Å². The van der Waals surface area contributed by atoms with Crippen LogP contribution in [0.5, 0.6) is 0 Å². The third-order valence-corrected chi connectivity index (χ3v) is 6.18. The maximum absolute atomic E-state index is 10.2. The molecule has 0 rings (SSSR count). The highest BCUT2D eigenvalue weighted by molar-refractivity contribution is 5.66. The van der Waals surface area contributed by atoms with Crippen LogP contribution in [-0.2, 0) is 4.79 Å². The van der Waals surface area contributed by atoms with E-state index in [-0.39, 0.29) is 0 Å². The molecule has 1 atom stereocenters. The maximum Gasteiger partial charge on any atom is 0.303 e. The van der Waals surface area contributed by atoms with Gasteiger partial charge in [0.05, 0.1) is 0 Å². The highest BCUT2D eigenvalue weighted by Gasteiger charge is 2.06. The molecule has 0 aromatic heterocycles. The molecule has 0 aromatic carbocycles. The molecule has 0 radical (unpaired) electrons. The molecule has 0 aromatic rings. The first-order valence-corrected chi connectivity index (χ1v) is 13.9. The second-order valence-corrected chi connectivity index (χ2v) is 9.43. The van der Waals surface area contributed by atoms with Gasteiger partial charge in [0.2, 0.25) is 0 Å². The Balaban J connectivity index is 0. The third-order valence-electron chi connectivity index (χ3n) is 6.18. The molecule has 0 saturated carbocycles. The lowest BCUT2D eigenvalue weighted by molar-refractivity contribution is -0.137. The Morgan fingerprint density at radius 3 is 1.23 bits per heavy atom. The van der Waals surface area contributed by atoms with Gasteiger partial charge in [-0.1, -0.05) is 136 Å². The molecular weight excluding hydrogens is 384 g/mol. The fraction of sp³-hybridized carbons (Fsp3) is 0.964. The molecule has 188 valence electrons. The molecule has 3 nitrogen and oxygen atoms in total. The van der Waals surface area contributed by atoms with Gasteiger partial charge in [0, 0.05) is 13.0 Å². The third kappa shape index (κ3) is 31.7. The lowest BCUT2D eigenvalue weighted by Gasteiger charge is -2.13. The smallest absolute Gasteiger partial charge is 0.303 e. The summed E-state index contributed by atoms with van der Waals surface area (Å²) in [6, 6.07) is 0. The second-order valence-electron chi connectivity index (χ2n) is 9.43. The number of carbonyl (C=O) groups is 1. The van der Waals surface area contributed by atoms with Crippen molar-refractivity contribution in [2.45, 2.75) is 162 Å². The van der Waals surface area contributed by atoms with Crippen LogP contribution in [0.4, 0.5) is 0 Å². The van der Waals surface area contributed by atoms with Crippen LogP contribution in [-0.4, -0.2) is 22.8 Å². The van der Waals surface area contributed by atoms with E-state index in [1.54, 1.807) is 0 Å². The fourth-order valence-electron chi connectivity index (χ4n) is 3.99. The Morgan fingerprint density at radius 2 is 0.871 bits per heavy atom. The molecule has 0 aliphatic rings. The van der Waals surface area contributed by atoms with Crippen LogP contribution in [0.3, 0.4) is 0 Å². The number of hydrogen-bond donors (Lipinski definition) is 2. The Bertz CT molecular complexity index is 330. The number of rotatable bonds is 23. The molecule has 0 aliphatic heterocycles. The van der Waals surface area contributed by atoms with E-state index in [2.05, 4.69) is 20.8 Å². The van der Waals surface area contributed by atoms with Crippen molar-refractivity contribution < 1.29 is 15.0 Å². The van der Waals surface area contributed by atoms with Crippen LogP contribution in [0.2, 0.25) is 0 Å². The molecule has 1 unspecified atom stereocenters. The van der Waals surface area contributed by atoms with Crippen molar-refractivity contribution in [3.63, 3.8) is 0 Å². The minimum atomic E-state index is -0.659. The summed E-state index contributed by atoms with van der Waals surface area (Å²) >= 11 is 0. The van der Waals surface area contributed by atoms with Gasteiger partial charge in [-0.15, -0.1) is 0 Å². The molecular formula is C28H58O3. The molecule has 0 aliphatic carbocycles. The van der Waals surface area contributed by atoms with Gasteiger partial charge in [0.1, 0.15) is 0 Å². The monoisotopic (exact) mass is 442 g/mol. The predicted molar refractivity (Wildman–Crippen MR) is 137 cm³/mol. The first-order valence-electron chi connectivity index (χ1n) is 13.9. The summed E-state index contributed by atoms with van der Waals surface area (Å²) in [4.78, 5) is 10.2. The number of carboxylic acids is 1. The van der Waals surface area contributed by atoms with E-state index in [1.807, 2.05) is 0 Å². The Morgan fingerprint density at radius 1 is 0.548 bits per heavy atom. The Labute approximate surface area is 195 Å². The van der Waals surface area contributed by atoms with E-state index in [4.69, 9.17) is 5.11 Å². The van der Waals surface area contributed by atoms with E-state index in [9.17, 15) is 9.90 Å². The van der Waals surface area contributed by atoms with Crippen molar-refractivity contribution in [1.82, 2.24) is 0 Å². The van der Waals surface area contributed by atoms with E-state index in [1.165, 1.54) is 122 Å². The summed E-state index contributed by atoms with van der Waals surface area (Å²) in [5.74, 6) is -0.0778. The first-order chi connectivity index (χ1) is 15.1. The van der Waals surface area contributed by atoms with Gasteiger partial charge in [0.25, 0.3) is 0 Å². The van der Waals surface area contributed by atoms with E-state index in [0.29, 0.717) is 18.9 Å².